The zero-order valence-corrected chi connectivity index (χ0v) is 9.28. The van der Waals surface area contributed by atoms with Crippen molar-refractivity contribution in [2.75, 3.05) is 19.7 Å². The van der Waals surface area contributed by atoms with Crippen molar-refractivity contribution in [3.63, 3.8) is 0 Å². The molecular formula is C11H24N2O. The molecule has 1 saturated carbocycles. The lowest BCUT2D eigenvalue weighted by molar-refractivity contribution is 0.108. The summed E-state index contributed by atoms with van der Waals surface area (Å²) in [5.74, 6) is 0. The smallest absolute Gasteiger partial charge is 0.0558 e. The molecule has 0 aliphatic heterocycles. The van der Waals surface area contributed by atoms with Gasteiger partial charge in [-0.05, 0) is 32.7 Å². The van der Waals surface area contributed by atoms with Gasteiger partial charge < -0.3 is 10.8 Å². The van der Waals surface area contributed by atoms with Gasteiger partial charge in [-0.25, -0.2) is 0 Å². The van der Waals surface area contributed by atoms with Crippen LogP contribution in [0.2, 0.25) is 0 Å². The van der Waals surface area contributed by atoms with E-state index in [1.807, 2.05) is 0 Å². The number of hydrogen-bond acceptors (Lipinski definition) is 3. The largest absolute Gasteiger partial charge is 0.395 e. The zero-order valence-electron chi connectivity index (χ0n) is 9.28. The molecular weight excluding hydrogens is 176 g/mol. The van der Waals surface area contributed by atoms with Crippen LogP contribution in [0.1, 0.15) is 39.0 Å². The summed E-state index contributed by atoms with van der Waals surface area (Å²) < 4.78 is 0. The number of hydrogen-bond donors (Lipinski definition) is 2. The number of aliphatic hydroxyl groups excluding tert-OH is 1. The van der Waals surface area contributed by atoms with Gasteiger partial charge in [0.25, 0.3) is 0 Å². The molecule has 1 aliphatic rings. The number of nitrogens with two attached hydrogens (primary N) is 1. The summed E-state index contributed by atoms with van der Waals surface area (Å²) in [6.45, 7) is 4.05. The molecule has 0 aromatic rings. The van der Waals surface area contributed by atoms with Crippen LogP contribution in [-0.4, -0.2) is 41.8 Å². The molecule has 1 unspecified atom stereocenters. The van der Waals surface area contributed by atoms with Gasteiger partial charge in [0, 0.05) is 18.6 Å². The van der Waals surface area contributed by atoms with Gasteiger partial charge in [-0.15, -0.1) is 0 Å². The summed E-state index contributed by atoms with van der Waals surface area (Å²) in [6, 6.07) is 1.22. The molecule has 1 fully saturated rings. The van der Waals surface area contributed by atoms with Crippen molar-refractivity contribution >= 4 is 0 Å². The molecule has 0 amide bonds. The highest BCUT2D eigenvalue weighted by Crippen LogP contribution is 2.25. The Bertz CT molecular complexity index is 146. The first-order valence-corrected chi connectivity index (χ1v) is 5.86. The normalized spacial score (nSPS) is 20.6. The minimum absolute atomic E-state index is 0.269. The Morgan fingerprint density at radius 1 is 1.43 bits per heavy atom. The lowest BCUT2D eigenvalue weighted by atomic mass is 10.1. The average molecular weight is 200 g/mol. The second-order valence-corrected chi connectivity index (χ2v) is 4.33. The Hall–Kier alpha value is -0.120. The van der Waals surface area contributed by atoms with Crippen LogP contribution in [0, 0.1) is 0 Å². The monoisotopic (exact) mass is 200 g/mol. The number of nitrogens with zero attached hydrogens (tertiary/aromatic N) is 1. The number of aliphatic hydroxyl groups is 1. The minimum Gasteiger partial charge on any atom is -0.395 e. The third-order valence-corrected chi connectivity index (χ3v) is 3.30. The lowest BCUT2D eigenvalue weighted by Gasteiger charge is -2.33. The van der Waals surface area contributed by atoms with Gasteiger partial charge in [0.2, 0.25) is 0 Å². The van der Waals surface area contributed by atoms with Gasteiger partial charge in [-0.2, -0.15) is 0 Å². The van der Waals surface area contributed by atoms with Crippen LogP contribution in [0.15, 0.2) is 0 Å². The molecule has 3 nitrogen and oxygen atoms in total. The fourth-order valence-corrected chi connectivity index (χ4v) is 2.52. The van der Waals surface area contributed by atoms with Crippen LogP contribution in [0.25, 0.3) is 0 Å². The van der Waals surface area contributed by atoms with E-state index in [1.165, 1.54) is 25.7 Å². The molecule has 3 heteroatoms. The zero-order chi connectivity index (χ0) is 10.4. The van der Waals surface area contributed by atoms with E-state index >= 15 is 0 Å². The van der Waals surface area contributed by atoms with Gasteiger partial charge in [-0.3, -0.25) is 4.90 Å². The van der Waals surface area contributed by atoms with Gasteiger partial charge >= 0.3 is 0 Å². The second kappa shape index (κ2) is 6.38. The summed E-state index contributed by atoms with van der Waals surface area (Å²) in [6.07, 6.45) is 6.34. The van der Waals surface area contributed by atoms with E-state index in [0.29, 0.717) is 12.1 Å². The third-order valence-electron chi connectivity index (χ3n) is 3.30. The first kappa shape index (κ1) is 12.0. The fourth-order valence-electron chi connectivity index (χ4n) is 2.52. The van der Waals surface area contributed by atoms with E-state index in [9.17, 15) is 0 Å². The van der Waals surface area contributed by atoms with Gasteiger partial charge in [0.1, 0.15) is 0 Å². The molecule has 0 saturated heterocycles. The van der Waals surface area contributed by atoms with Crippen molar-refractivity contribution in [3.05, 3.63) is 0 Å². The summed E-state index contributed by atoms with van der Waals surface area (Å²) in [7, 11) is 0. The summed E-state index contributed by atoms with van der Waals surface area (Å²) in [4.78, 5) is 2.44. The van der Waals surface area contributed by atoms with Crippen LogP contribution in [0.5, 0.6) is 0 Å². The Morgan fingerprint density at radius 3 is 2.57 bits per heavy atom. The van der Waals surface area contributed by atoms with Gasteiger partial charge in [0.05, 0.1) is 6.61 Å². The van der Waals surface area contributed by atoms with Crippen molar-refractivity contribution in [1.29, 1.82) is 0 Å². The highest BCUT2D eigenvalue weighted by Gasteiger charge is 2.25. The third kappa shape index (κ3) is 3.23. The molecule has 0 bridgehead atoms. The molecule has 14 heavy (non-hydrogen) atoms. The van der Waals surface area contributed by atoms with Crippen molar-refractivity contribution < 1.29 is 5.11 Å². The maximum absolute atomic E-state index is 9.04. The van der Waals surface area contributed by atoms with Crippen molar-refractivity contribution in [2.24, 2.45) is 5.73 Å². The van der Waals surface area contributed by atoms with Crippen LogP contribution in [-0.2, 0) is 0 Å². The molecule has 1 atom stereocenters. The Labute approximate surface area is 87.3 Å². The highest BCUT2D eigenvalue weighted by molar-refractivity contribution is 4.81. The van der Waals surface area contributed by atoms with E-state index in [4.69, 9.17) is 10.8 Å². The molecule has 0 heterocycles. The highest BCUT2D eigenvalue weighted by atomic mass is 16.3. The topological polar surface area (TPSA) is 49.5 Å². The molecule has 84 valence electrons. The van der Waals surface area contributed by atoms with E-state index in [1.54, 1.807) is 0 Å². The van der Waals surface area contributed by atoms with Crippen molar-refractivity contribution in [1.82, 2.24) is 4.90 Å². The predicted molar refractivity (Wildman–Crippen MR) is 59.2 cm³/mol. The Kier molecular flexibility index (Phi) is 5.45. The summed E-state index contributed by atoms with van der Waals surface area (Å²) in [5.41, 5.74) is 5.57. The first-order valence-electron chi connectivity index (χ1n) is 5.86. The minimum atomic E-state index is 0.269. The molecule has 1 rings (SSSR count). The Morgan fingerprint density at radius 2 is 2.07 bits per heavy atom. The standard InChI is InChI=1S/C11H24N2O/c1-10(6-7-12)13(8-9-14)11-4-2-3-5-11/h10-11,14H,2-9,12H2,1H3. The molecule has 0 aromatic heterocycles. The molecule has 3 N–H and O–H groups in total. The predicted octanol–water partition coefficient (Wildman–Crippen LogP) is 0.961. The van der Waals surface area contributed by atoms with E-state index in [2.05, 4.69) is 11.8 Å². The first-order chi connectivity index (χ1) is 6.79. The maximum Gasteiger partial charge on any atom is 0.0558 e. The summed E-state index contributed by atoms with van der Waals surface area (Å²) in [5, 5.41) is 9.04. The van der Waals surface area contributed by atoms with Crippen molar-refractivity contribution in [2.45, 2.75) is 51.1 Å². The van der Waals surface area contributed by atoms with Crippen LogP contribution >= 0.6 is 0 Å². The van der Waals surface area contributed by atoms with Crippen molar-refractivity contribution in [3.8, 4) is 0 Å². The van der Waals surface area contributed by atoms with Crippen LogP contribution in [0.3, 0.4) is 0 Å². The van der Waals surface area contributed by atoms with E-state index in [-0.39, 0.29) is 6.61 Å². The fraction of sp³-hybridized carbons (Fsp3) is 1.00. The quantitative estimate of drug-likeness (QED) is 0.671. The van der Waals surface area contributed by atoms with E-state index in [0.717, 1.165) is 19.5 Å². The molecule has 0 spiro atoms. The molecule has 0 radical (unpaired) electrons. The Balaban J connectivity index is 2.43. The average Bonchev–Trinajstić information content (AvgIpc) is 2.67. The van der Waals surface area contributed by atoms with Gasteiger partial charge in [0.15, 0.2) is 0 Å². The number of rotatable bonds is 6. The van der Waals surface area contributed by atoms with Crippen LogP contribution < -0.4 is 5.73 Å². The maximum atomic E-state index is 9.04. The SMILES string of the molecule is CC(CCN)N(CCO)C1CCCC1. The van der Waals surface area contributed by atoms with Gasteiger partial charge in [-0.1, -0.05) is 12.8 Å². The molecule has 0 aromatic carbocycles. The van der Waals surface area contributed by atoms with Crippen LogP contribution in [0.4, 0.5) is 0 Å². The summed E-state index contributed by atoms with van der Waals surface area (Å²) >= 11 is 0. The second-order valence-electron chi connectivity index (χ2n) is 4.33. The lowest BCUT2D eigenvalue weighted by Crippen LogP contribution is -2.43. The molecule has 1 aliphatic carbocycles. The van der Waals surface area contributed by atoms with E-state index < -0.39 is 0 Å².